The Labute approximate surface area is 109 Å². The Hall–Kier alpha value is -1.81. The average molecular weight is 265 g/mol. The molecule has 0 heterocycles. The molecule has 4 heteroatoms. The van der Waals surface area contributed by atoms with Crippen LogP contribution >= 0.6 is 0 Å². The zero-order valence-electron chi connectivity index (χ0n) is 10.5. The predicted molar refractivity (Wildman–Crippen MR) is 68.0 cm³/mol. The Kier molecular flexibility index (Phi) is 3.62. The van der Waals surface area contributed by atoms with Crippen LogP contribution in [0.1, 0.15) is 18.1 Å². The van der Waals surface area contributed by atoms with Crippen LogP contribution in [0.25, 0.3) is 0 Å². The van der Waals surface area contributed by atoms with Crippen LogP contribution in [-0.2, 0) is 12.0 Å². The van der Waals surface area contributed by atoms with Crippen molar-refractivity contribution in [2.75, 3.05) is 0 Å². The Morgan fingerprint density at radius 2 is 1.53 bits per heavy atom. The molecule has 2 aromatic carbocycles. The second-order valence-electron chi connectivity index (χ2n) is 4.84. The molecule has 0 aliphatic rings. The highest BCUT2D eigenvalue weighted by atomic mass is 19.1. The Morgan fingerprint density at radius 1 is 0.947 bits per heavy atom. The molecule has 2 N–H and O–H groups in total. The summed E-state index contributed by atoms with van der Waals surface area (Å²) in [5, 5.41) is 0. The molecule has 0 amide bonds. The zero-order valence-corrected chi connectivity index (χ0v) is 10.5. The number of nitrogens with two attached hydrogens (primary N) is 1. The van der Waals surface area contributed by atoms with E-state index in [1.807, 2.05) is 0 Å². The van der Waals surface area contributed by atoms with Crippen molar-refractivity contribution in [3.8, 4) is 0 Å². The van der Waals surface area contributed by atoms with E-state index in [0.29, 0.717) is 11.1 Å². The van der Waals surface area contributed by atoms with Gasteiger partial charge in [-0.2, -0.15) is 0 Å². The second kappa shape index (κ2) is 5.05. The van der Waals surface area contributed by atoms with Gasteiger partial charge in [-0.05, 0) is 42.7 Å². The van der Waals surface area contributed by atoms with Gasteiger partial charge in [0.15, 0.2) is 0 Å². The van der Waals surface area contributed by atoms with Crippen molar-refractivity contribution in [1.29, 1.82) is 0 Å². The largest absolute Gasteiger partial charge is 0.321 e. The first-order valence-corrected chi connectivity index (χ1v) is 5.87. The van der Waals surface area contributed by atoms with E-state index in [1.54, 1.807) is 19.1 Å². The topological polar surface area (TPSA) is 26.0 Å². The van der Waals surface area contributed by atoms with Crippen molar-refractivity contribution in [2.24, 2.45) is 5.73 Å². The van der Waals surface area contributed by atoms with Gasteiger partial charge in [-0.15, -0.1) is 0 Å². The average Bonchev–Trinajstić information content (AvgIpc) is 2.33. The lowest BCUT2D eigenvalue weighted by Gasteiger charge is -2.25. The van der Waals surface area contributed by atoms with E-state index in [2.05, 4.69) is 0 Å². The highest BCUT2D eigenvalue weighted by Gasteiger charge is 2.23. The fraction of sp³-hybridized carbons (Fsp3) is 0.200. The molecule has 1 nitrogen and oxygen atoms in total. The van der Waals surface area contributed by atoms with Crippen molar-refractivity contribution < 1.29 is 13.2 Å². The number of rotatable bonds is 3. The first kappa shape index (κ1) is 13.6. The number of halogens is 3. The second-order valence-corrected chi connectivity index (χ2v) is 4.84. The van der Waals surface area contributed by atoms with Crippen LogP contribution in [0.15, 0.2) is 42.5 Å². The fourth-order valence-electron chi connectivity index (χ4n) is 1.99. The Balaban J connectivity index is 2.27. The van der Waals surface area contributed by atoms with Crippen LogP contribution in [0, 0.1) is 17.5 Å². The predicted octanol–water partition coefficient (Wildman–Crippen LogP) is 3.52. The molecular weight excluding hydrogens is 251 g/mol. The standard InChI is InChI=1S/C15H14F3N/c1-15(19,11-3-6-12(16)7-4-11)9-10-2-5-13(17)8-14(10)18/h2-8H,9,19H2,1H3. The van der Waals surface area contributed by atoms with Crippen molar-refractivity contribution in [3.63, 3.8) is 0 Å². The number of hydrogen-bond acceptors (Lipinski definition) is 1. The lowest BCUT2D eigenvalue weighted by molar-refractivity contribution is 0.471. The molecule has 100 valence electrons. The summed E-state index contributed by atoms with van der Waals surface area (Å²) < 4.78 is 39.3. The molecule has 0 saturated heterocycles. The van der Waals surface area contributed by atoms with Gasteiger partial charge in [-0.25, -0.2) is 13.2 Å². The molecule has 1 atom stereocenters. The fourth-order valence-corrected chi connectivity index (χ4v) is 1.99. The van der Waals surface area contributed by atoms with Crippen molar-refractivity contribution >= 4 is 0 Å². The van der Waals surface area contributed by atoms with Crippen LogP contribution in [0.4, 0.5) is 13.2 Å². The molecule has 0 aliphatic heterocycles. The van der Waals surface area contributed by atoms with E-state index in [4.69, 9.17) is 5.73 Å². The van der Waals surface area contributed by atoms with Gasteiger partial charge in [0, 0.05) is 11.6 Å². The molecule has 0 radical (unpaired) electrons. The highest BCUT2D eigenvalue weighted by Crippen LogP contribution is 2.24. The van der Waals surface area contributed by atoms with E-state index < -0.39 is 17.2 Å². The van der Waals surface area contributed by atoms with Gasteiger partial charge in [0.1, 0.15) is 17.5 Å². The molecule has 0 aromatic heterocycles. The monoisotopic (exact) mass is 265 g/mol. The van der Waals surface area contributed by atoms with Gasteiger partial charge < -0.3 is 5.73 Å². The molecule has 0 aliphatic carbocycles. The third-order valence-corrected chi connectivity index (χ3v) is 3.08. The minimum absolute atomic E-state index is 0.199. The number of hydrogen-bond donors (Lipinski definition) is 1. The first-order valence-electron chi connectivity index (χ1n) is 5.87. The summed E-state index contributed by atoms with van der Waals surface area (Å²) in [4.78, 5) is 0. The van der Waals surface area contributed by atoms with Crippen molar-refractivity contribution in [2.45, 2.75) is 18.9 Å². The first-order chi connectivity index (χ1) is 8.88. The van der Waals surface area contributed by atoms with Crippen molar-refractivity contribution in [3.05, 3.63) is 71.0 Å². The van der Waals surface area contributed by atoms with E-state index in [0.717, 1.165) is 6.07 Å². The maximum Gasteiger partial charge on any atom is 0.129 e. The maximum absolute atomic E-state index is 13.6. The molecule has 0 saturated carbocycles. The highest BCUT2D eigenvalue weighted by molar-refractivity contribution is 5.28. The smallest absolute Gasteiger partial charge is 0.129 e. The minimum atomic E-state index is -0.855. The number of benzene rings is 2. The van der Waals surface area contributed by atoms with Gasteiger partial charge in [0.05, 0.1) is 0 Å². The molecule has 19 heavy (non-hydrogen) atoms. The quantitative estimate of drug-likeness (QED) is 0.902. The lowest BCUT2D eigenvalue weighted by Crippen LogP contribution is -2.35. The summed E-state index contributed by atoms with van der Waals surface area (Å²) in [6.07, 6.45) is 0.199. The van der Waals surface area contributed by atoms with Gasteiger partial charge in [0.25, 0.3) is 0 Å². The van der Waals surface area contributed by atoms with E-state index >= 15 is 0 Å². The molecular formula is C15H14F3N. The Morgan fingerprint density at radius 3 is 2.11 bits per heavy atom. The summed E-state index contributed by atoms with van der Waals surface area (Å²) in [5.41, 5.74) is 6.31. The van der Waals surface area contributed by atoms with Crippen LogP contribution in [-0.4, -0.2) is 0 Å². The summed E-state index contributed by atoms with van der Waals surface area (Å²) >= 11 is 0. The maximum atomic E-state index is 13.6. The van der Waals surface area contributed by atoms with E-state index in [-0.39, 0.29) is 12.2 Å². The normalized spacial score (nSPS) is 14.2. The third kappa shape index (κ3) is 3.15. The summed E-state index contributed by atoms with van der Waals surface area (Å²) in [5.74, 6) is -1.60. The van der Waals surface area contributed by atoms with Crippen LogP contribution in [0.5, 0.6) is 0 Å². The molecule has 2 aromatic rings. The molecule has 1 unspecified atom stereocenters. The zero-order chi connectivity index (χ0) is 14.0. The van der Waals surface area contributed by atoms with Crippen LogP contribution < -0.4 is 5.73 Å². The lowest BCUT2D eigenvalue weighted by atomic mass is 9.86. The molecule has 0 bridgehead atoms. The van der Waals surface area contributed by atoms with Crippen molar-refractivity contribution in [1.82, 2.24) is 0 Å². The van der Waals surface area contributed by atoms with Crippen LogP contribution in [0.2, 0.25) is 0 Å². The Bertz CT molecular complexity index is 576. The SMILES string of the molecule is CC(N)(Cc1ccc(F)cc1F)c1ccc(F)cc1. The molecule has 0 spiro atoms. The van der Waals surface area contributed by atoms with Gasteiger partial charge >= 0.3 is 0 Å². The van der Waals surface area contributed by atoms with E-state index in [9.17, 15) is 13.2 Å². The molecule has 2 rings (SSSR count). The van der Waals surface area contributed by atoms with E-state index in [1.165, 1.54) is 24.3 Å². The summed E-state index contributed by atoms with van der Waals surface area (Å²) in [6.45, 7) is 1.73. The summed E-state index contributed by atoms with van der Waals surface area (Å²) in [7, 11) is 0. The van der Waals surface area contributed by atoms with Gasteiger partial charge in [-0.3, -0.25) is 0 Å². The minimum Gasteiger partial charge on any atom is -0.321 e. The molecule has 0 fully saturated rings. The summed E-state index contributed by atoms with van der Waals surface area (Å²) in [6, 6.07) is 9.14. The van der Waals surface area contributed by atoms with Gasteiger partial charge in [-0.1, -0.05) is 18.2 Å². The third-order valence-electron chi connectivity index (χ3n) is 3.08. The van der Waals surface area contributed by atoms with Gasteiger partial charge in [0.2, 0.25) is 0 Å². The van der Waals surface area contributed by atoms with Crippen LogP contribution in [0.3, 0.4) is 0 Å².